The van der Waals surface area contributed by atoms with Crippen LogP contribution < -0.4 is 0 Å². The van der Waals surface area contributed by atoms with E-state index in [0.29, 0.717) is 30.3 Å². The first-order chi connectivity index (χ1) is 12.4. The SMILES string of the molecule is CCOC(=O)/C=C/c1cc2n(n1)CCN(S(=O)(=O)c1ccc(C)cc1)C2. The third kappa shape index (κ3) is 3.86. The maximum absolute atomic E-state index is 12.8. The Kier molecular flexibility index (Phi) is 5.24. The molecule has 7 nitrogen and oxygen atoms in total. The van der Waals surface area contributed by atoms with Gasteiger partial charge in [0, 0.05) is 12.6 Å². The van der Waals surface area contributed by atoms with Crippen molar-refractivity contribution in [1.82, 2.24) is 14.1 Å². The average molecular weight is 375 g/mol. The predicted octanol–water partition coefficient (Wildman–Crippen LogP) is 1.97. The Morgan fingerprint density at radius 2 is 2.00 bits per heavy atom. The summed E-state index contributed by atoms with van der Waals surface area (Å²) >= 11 is 0. The van der Waals surface area contributed by atoms with Crippen LogP contribution in [0.4, 0.5) is 0 Å². The van der Waals surface area contributed by atoms with Crippen LogP contribution in [0.2, 0.25) is 0 Å². The molecule has 0 saturated heterocycles. The Hall–Kier alpha value is -2.45. The molecule has 2 heterocycles. The average Bonchev–Trinajstić information content (AvgIpc) is 3.02. The molecule has 0 bridgehead atoms. The molecule has 0 radical (unpaired) electrons. The van der Waals surface area contributed by atoms with E-state index < -0.39 is 16.0 Å². The van der Waals surface area contributed by atoms with Crippen LogP contribution in [-0.2, 0) is 32.6 Å². The summed E-state index contributed by atoms with van der Waals surface area (Å²) in [5, 5.41) is 4.38. The zero-order chi connectivity index (χ0) is 18.7. The molecular formula is C18H21N3O4S. The minimum absolute atomic E-state index is 0.246. The van der Waals surface area contributed by atoms with Gasteiger partial charge in [-0.3, -0.25) is 4.68 Å². The first-order valence-corrected chi connectivity index (χ1v) is 9.82. The van der Waals surface area contributed by atoms with E-state index in [9.17, 15) is 13.2 Å². The number of fused-ring (bicyclic) bond motifs is 1. The quantitative estimate of drug-likeness (QED) is 0.589. The van der Waals surface area contributed by atoms with Crippen molar-refractivity contribution in [3.8, 4) is 0 Å². The van der Waals surface area contributed by atoms with Gasteiger partial charge >= 0.3 is 5.97 Å². The number of benzene rings is 1. The van der Waals surface area contributed by atoms with Crippen molar-refractivity contribution in [3.05, 3.63) is 53.4 Å². The zero-order valence-electron chi connectivity index (χ0n) is 14.8. The van der Waals surface area contributed by atoms with Gasteiger partial charge in [-0.2, -0.15) is 9.40 Å². The van der Waals surface area contributed by atoms with E-state index in [0.717, 1.165) is 11.3 Å². The maximum atomic E-state index is 12.8. The van der Waals surface area contributed by atoms with Crippen LogP contribution in [-0.4, -0.2) is 41.6 Å². The maximum Gasteiger partial charge on any atom is 0.330 e. The standard InChI is InChI=1S/C18H21N3O4S/c1-3-25-18(22)9-6-15-12-16-13-20(10-11-21(16)19-15)26(23,24)17-7-4-14(2)5-8-17/h4-9,12H,3,10-11,13H2,1-2H3/b9-6+. The molecule has 1 aromatic heterocycles. The monoisotopic (exact) mass is 375 g/mol. The molecule has 0 unspecified atom stereocenters. The van der Waals surface area contributed by atoms with Gasteiger partial charge in [-0.05, 0) is 38.1 Å². The van der Waals surface area contributed by atoms with Gasteiger partial charge < -0.3 is 4.74 Å². The van der Waals surface area contributed by atoms with Gasteiger partial charge in [0.2, 0.25) is 10.0 Å². The lowest BCUT2D eigenvalue weighted by Crippen LogP contribution is -2.38. The molecule has 1 aliphatic rings. The summed E-state index contributed by atoms with van der Waals surface area (Å²) < 4.78 is 33.7. The van der Waals surface area contributed by atoms with Crippen LogP contribution in [0.25, 0.3) is 6.08 Å². The lowest BCUT2D eigenvalue weighted by molar-refractivity contribution is -0.137. The van der Waals surface area contributed by atoms with Gasteiger partial charge in [-0.25, -0.2) is 13.2 Å². The van der Waals surface area contributed by atoms with Crippen LogP contribution in [0.15, 0.2) is 41.3 Å². The number of carbonyl (C=O) groups excluding carboxylic acids is 1. The molecule has 0 aliphatic carbocycles. The van der Waals surface area contributed by atoms with Crippen LogP contribution in [0.5, 0.6) is 0 Å². The Balaban J connectivity index is 1.77. The third-order valence-corrected chi connectivity index (χ3v) is 5.98. The predicted molar refractivity (Wildman–Crippen MR) is 96.7 cm³/mol. The van der Waals surface area contributed by atoms with Gasteiger partial charge in [-0.15, -0.1) is 0 Å². The molecule has 0 N–H and O–H groups in total. The fourth-order valence-corrected chi connectivity index (χ4v) is 4.16. The van der Waals surface area contributed by atoms with Crippen LogP contribution in [0.1, 0.15) is 23.9 Å². The first kappa shape index (κ1) is 18.3. The number of esters is 1. The smallest absolute Gasteiger partial charge is 0.330 e. The van der Waals surface area contributed by atoms with E-state index in [-0.39, 0.29) is 6.54 Å². The summed E-state index contributed by atoms with van der Waals surface area (Å²) in [6.45, 7) is 5.04. The van der Waals surface area contributed by atoms with Gasteiger partial charge in [0.1, 0.15) is 0 Å². The zero-order valence-corrected chi connectivity index (χ0v) is 15.6. The fourth-order valence-electron chi connectivity index (χ4n) is 2.75. The Morgan fingerprint density at radius 1 is 1.27 bits per heavy atom. The summed E-state index contributed by atoms with van der Waals surface area (Å²) in [6, 6.07) is 8.62. The Morgan fingerprint density at radius 3 is 2.69 bits per heavy atom. The van der Waals surface area contributed by atoms with E-state index in [1.807, 2.05) is 6.92 Å². The highest BCUT2D eigenvalue weighted by atomic mass is 32.2. The van der Waals surface area contributed by atoms with Gasteiger partial charge in [0.15, 0.2) is 0 Å². The second-order valence-electron chi connectivity index (χ2n) is 6.02. The van der Waals surface area contributed by atoms with Crippen LogP contribution in [0, 0.1) is 6.92 Å². The van der Waals surface area contributed by atoms with Crippen LogP contribution in [0.3, 0.4) is 0 Å². The molecule has 1 aliphatic heterocycles. The Bertz CT molecular complexity index is 930. The number of sulfonamides is 1. The van der Waals surface area contributed by atoms with Gasteiger partial charge in [-0.1, -0.05) is 17.7 Å². The van der Waals surface area contributed by atoms with E-state index in [4.69, 9.17) is 4.74 Å². The lowest BCUT2D eigenvalue weighted by atomic mass is 10.2. The fraction of sp³-hybridized carbons (Fsp3) is 0.333. The number of aromatic nitrogens is 2. The molecule has 26 heavy (non-hydrogen) atoms. The summed E-state index contributed by atoms with van der Waals surface area (Å²) in [5.74, 6) is -0.429. The molecule has 0 fully saturated rings. The van der Waals surface area contributed by atoms with Gasteiger partial charge in [0.25, 0.3) is 0 Å². The van der Waals surface area contributed by atoms with E-state index in [1.165, 1.54) is 10.4 Å². The number of carbonyl (C=O) groups is 1. The minimum Gasteiger partial charge on any atom is -0.463 e. The van der Waals surface area contributed by atoms with Crippen molar-refractivity contribution in [2.45, 2.75) is 31.8 Å². The molecule has 0 saturated carbocycles. The van der Waals surface area contributed by atoms with Gasteiger partial charge in [0.05, 0.1) is 36.0 Å². The third-order valence-electron chi connectivity index (χ3n) is 4.12. The first-order valence-electron chi connectivity index (χ1n) is 8.38. The molecular weight excluding hydrogens is 354 g/mol. The van der Waals surface area contributed by atoms with Crippen LogP contribution >= 0.6 is 0 Å². The molecule has 0 spiro atoms. The number of hydrogen-bond acceptors (Lipinski definition) is 5. The summed E-state index contributed by atoms with van der Waals surface area (Å²) in [6.07, 6.45) is 2.89. The lowest BCUT2D eigenvalue weighted by Gasteiger charge is -2.26. The molecule has 138 valence electrons. The number of ether oxygens (including phenoxy) is 1. The highest BCUT2D eigenvalue weighted by molar-refractivity contribution is 7.89. The summed E-state index contributed by atoms with van der Waals surface area (Å²) in [7, 11) is -3.55. The minimum atomic E-state index is -3.55. The molecule has 3 rings (SSSR count). The molecule has 2 aromatic rings. The number of rotatable bonds is 5. The van der Waals surface area contributed by atoms with Crippen molar-refractivity contribution in [2.24, 2.45) is 0 Å². The number of nitrogens with zero attached hydrogens (tertiary/aromatic N) is 3. The molecule has 8 heteroatoms. The van der Waals surface area contributed by atoms with E-state index >= 15 is 0 Å². The normalized spacial score (nSPS) is 15.2. The van der Waals surface area contributed by atoms with Crippen molar-refractivity contribution in [1.29, 1.82) is 0 Å². The summed E-state index contributed by atoms with van der Waals surface area (Å²) in [5.41, 5.74) is 2.40. The second kappa shape index (κ2) is 7.43. The number of hydrogen-bond donors (Lipinski definition) is 0. The second-order valence-corrected chi connectivity index (χ2v) is 7.96. The van der Waals surface area contributed by atoms with E-state index in [2.05, 4.69) is 5.10 Å². The largest absolute Gasteiger partial charge is 0.463 e. The van der Waals surface area contributed by atoms with E-state index in [1.54, 1.807) is 48.0 Å². The molecule has 0 amide bonds. The Labute approximate surface area is 152 Å². The van der Waals surface area contributed by atoms with Crippen molar-refractivity contribution in [2.75, 3.05) is 13.2 Å². The topological polar surface area (TPSA) is 81.5 Å². The van der Waals surface area contributed by atoms with Crippen molar-refractivity contribution in [3.63, 3.8) is 0 Å². The molecule has 0 atom stereocenters. The number of aryl methyl sites for hydroxylation is 1. The molecule has 1 aromatic carbocycles. The highest BCUT2D eigenvalue weighted by Gasteiger charge is 2.29. The van der Waals surface area contributed by atoms with Crippen molar-refractivity contribution < 1.29 is 17.9 Å². The summed E-state index contributed by atoms with van der Waals surface area (Å²) in [4.78, 5) is 11.7. The van der Waals surface area contributed by atoms with Crippen molar-refractivity contribution >= 4 is 22.1 Å². The highest BCUT2D eigenvalue weighted by Crippen LogP contribution is 2.22.